The lowest BCUT2D eigenvalue weighted by Gasteiger charge is -2.25. The third-order valence-corrected chi connectivity index (χ3v) is 4.51. The maximum atomic E-state index is 12.0. The monoisotopic (exact) mass is 299 g/mol. The summed E-state index contributed by atoms with van der Waals surface area (Å²) in [6.07, 6.45) is 4.32. The van der Waals surface area contributed by atoms with Gasteiger partial charge in [0.15, 0.2) is 0 Å². The first kappa shape index (κ1) is 16.0. The summed E-state index contributed by atoms with van der Waals surface area (Å²) in [7, 11) is 2.06. The van der Waals surface area contributed by atoms with Gasteiger partial charge in [-0.25, -0.2) is 9.59 Å². The van der Waals surface area contributed by atoms with Gasteiger partial charge >= 0.3 is 12.0 Å². The molecule has 0 spiro atoms. The highest BCUT2D eigenvalue weighted by Crippen LogP contribution is 2.22. The Bertz CT molecular complexity index is 384. The molecule has 2 rings (SSSR count). The summed E-state index contributed by atoms with van der Waals surface area (Å²) in [6.45, 7) is 1.33. The number of likely N-dealkylation sites (N-methyl/N-ethyl adjacent to an activating group) is 1. The van der Waals surface area contributed by atoms with Gasteiger partial charge in [-0.3, -0.25) is 0 Å². The highest BCUT2D eigenvalue weighted by Gasteiger charge is 2.38. The molecule has 0 aromatic heterocycles. The molecular weight excluding hydrogens is 274 g/mol. The lowest BCUT2D eigenvalue weighted by Crippen LogP contribution is -2.48. The van der Waals surface area contributed by atoms with E-state index in [-0.39, 0.29) is 13.0 Å². The van der Waals surface area contributed by atoms with Crippen LogP contribution in [0.15, 0.2) is 0 Å². The zero-order chi connectivity index (χ0) is 15.4. The van der Waals surface area contributed by atoms with Crippen LogP contribution >= 0.6 is 0 Å². The lowest BCUT2D eigenvalue weighted by atomic mass is 10.2. The van der Waals surface area contributed by atoms with Gasteiger partial charge in [0.2, 0.25) is 0 Å². The Labute approximate surface area is 124 Å². The average Bonchev–Trinajstić information content (AvgIpc) is 3.07. The molecule has 0 unspecified atom stereocenters. The lowest BCUT2D eigenvalue weighted by molar-refractivity contribution is -0.141. The fraction of sp³-hybridized carbons (Fsp3) is 0.857. The van der Waals surface area contributed by atoms with Crippen LogP contribution in [0.3, 0.4) is 0 Å². The Kier molecular flexibility index (Phi) is 5.41. The molecule has 0 aromatic carbocycles. The number of β-amino-alcohol motifs (C(OH)–C–C–N with tert-alkyl or cyclic N) is 1. The molecule has 2 atom stereocenters. The van der Waals surface area contributed by atoms with Crippen LogP contribution in [-0.2, 0) is 4.79 Å². The Morgan fingerprint density at radius 2 is 2.00 bits per heavy atom. The van der Waals surface area contributed by atoms with Crippen molar-refractivity contribution in [1.29, 1.82) is 0 Å². The van der Waals surface area contributed by atoms with Crippen molar-refractivity contribution < 1.29 is 19.8 Å². The predicted molar refractivity (Wildman–Crippen MR) is 77.0 cm³/mol. The number of nitrogens with zero attached hydrogens (tertiary/aromatic N) is 2. The second-order valence-corrected chi connectivity index (χ2v) is 6.05. The molecule has 21 heavy (non-hydrogen) atoms. The van der Waals surface area contributed by atoms with Crippen molar-refractivity contribution in [2.24, 2.45) is 0 Å². The van der Waals surface area contributed by atoms with Gasteiger partial charge in [-0.2, -0.15) is 0 Å². The number of urea groups is 1. The minimum Gasteiger partial charge on any atom is -0.480 e. The van der Waals surface area contributed by atoms with Crippen LogP contribution in [0.1, 0.15) is 32.1 Å². The van der Waals surface area contributed by atoms with E-state index < -0.39 is 24.1 Å². The number of hydrogen-bond donors (Lipinski definition) is 3. The minimum atomic E-state index is -1.07. The highest BCUT2D eigenvalue weighted by molar-refractivity contribution is 5.83. The Balaban J connectivity index is 1.74. The summed E-state index contributed by atoms with van der Waals surface area (Å²) in [5.74, 6) is -1.07. The zero-order valence-corrected chi connectivity index (χ0v) is 12.5. The first-order valence-corrected chi connectivity index (χ1v) is 7.64. The normalized spacial score (nSPS) is 26.5. The van der Waals surface area contributed by atoms with E-state index in [0.717, 1.165) is 6.54 Å². The van der Waals surface area contributed by atoms with E-state index in [1.807, 2.05) is 0 Å². The fourth-order valence-electron chi connectivity index (χ4n) is 3.24. The molecule has 2 aliphatic rings. The van der Waals surface area contributed by atoms with Gasteiger partial charge in [-0.05, 0) is 19.9 Å². The van der Waals surface area contributed by atoms with Gasteiger partial charge < -0.3 is 25.3 Å². The number of likely N-dealkylation sites (tertiary alicyclic amines) is 1. The number of aliphatic carboxylic acids is 1. The van der Waals surface area contributed by atoms with Crippen LogP contribution in [-0.4, -0.2) is 76.9 Å². The Hall–Kier alpha value is -1.34. The number of hydrogen-bond acceptors (Lipinski definition) is 4. The van der Waals surface area contributed by atoms with Crippen molar-refractivity contribution in [3.8, 4) is 0 Å². The molecule has 0 bridgehead atoms. The molecule has 1 aliphatic carbocycles. The average molecular weight is 299 g/mol. The molecule has 3 N–H and O–H groups in total. The van der Waals surface area contributed by atoms with Crippen molar-refractivity contribution in [3.05, 3.63) is 0 Å². The number of rotatable bonds is 5. The zero-order valence-electron chi connectivity index (χ0n) is 12.5. The Morgan fingerprint density at radius 1 is 1.33 bits per heavy atom. The SMILES string of the molecule is CN(CCNC(=O)N1C[C@H](O)C[C@H]1C(=O)O)C1CCCC1. The van der Waals surface area contributed by atoms with Crippen LogP contribution in [0.4, 0.5) is 4.79 Å². The van der Waals surface area contributed by atoms with E-state index >= 15 is 0 Å². The molecule has 1 aliphatic heterocycles. The van der Waals surface area contributed by atoms with Crippen molar-refractivity contribution in [3.63, 3.8) is 0 Å². The van der Waals surface area contributed by atoms with E-state index in [2.05, 4.69) is 17.3 Å². The molecule has 1 heterocycles. The summed E-state index contributed by atoms with van der Waals surface area (Å²) in [5, 5.41) is 21.4. The van der Waals surface area contributed by atoms with Crippen LogP contribution in [0.2, 0.25) is 0 Å². The highest BCUT2D eigenvalue weighted by atomic mass is 16.4. The van der Waals surface area contributed by atoms with Gasteiger partial charge in [0.1, 0.15) is 6.04 Å². The van der Waals surface area contributed by atoms with Crippen LogP contribution < -0.4 is 5.32 Å². The number of carbonyl (C=O) groups is 2. The molecular formula is C14H25N3O4. The quantitative estimate of drug-likeness (QED) is 0.669. The molecule has 0 radical (unpaired) electrons. The third-order valence-electron chi connectivity index (χ3n) is 4.51. The van der Waals surface area contributed by atoms with Gasteiger partial charge in [-0.1, -0.05) is 12.8 Å². The standard InChI is InChI=1S/C14H25N3O4/c1-16(10-4-2-3-5-10)7-6-15-14(21)17-9-11(18)8-12(17)13(19)20/h10-12,18H,2-9H2,1H3,(H,15,21)(H,19,20)/t11-,12+/m1/s1. The second kappa shape index (κ2) is 7.09. The first-order valence-electron chi connectivity index (χ1n) is 7.64. The molecule has 1 saturated carbocycles. The molecule has 2 amide bonds. The Morgan fingerprint density at radius 3 is 2.62 bits per heavy atom. The maximum absolute atomic E-state index is 12.0. The number of carboxylic acids is 1. The summed E-state index contributed by atoms with van der Waals surface area (Å²) in [6, 6.07) is -0.728. The van der Waals surface area contributed by atoms with Crippen molar-refractivity contribution in [1.82, 2.24) is 15.1 Å². The van der Waals surface area contributed by atoms with Gasteiger partial charge in [0, 0.05) is 32.1 Å². The molecule has 1 saturated heterocycles. The number of aliphatic hydroxyl groups excluding tert-OH is 1. The fourth-order valence-corrected chi connectivity index (χ4v) is 3.24. The largest absolute Gasteiger partial charge is 0.480 e. The second-order valence-electron chi connectivity index (χ2n) is 6.05. The molecule has 120 valence electrons. The summed E-state index contributed by atoms with van der Waals surface area (Å²) in [5.41, 5.74) is 0. The van der Waals surface area contributed by atoms with E-state index in [9.17, 15) is 14.7 Å². The number of carbonyl (C=O) groups excluding carboxylic acids is 1. The van der Waals surface area contributed by atoms with E-state index in [1.54, 1.807) is 0 Å². The smallest absolute Gasteiger partial charge is 0.326 e. The number of amides is 2. The molecule has 0 aromatic rings. The topological polar surface area (TPSA) is 93.1 Å². The number of nitrogens with one attached hydrogen (secondary N) is 1. The van der Waals surface area contributed by atoms with Crippen LogP contribution in [0, 0.1) is 0 Å². The molecule has 7 nitrogen and oxygen atoms in total. The van der Waals surface area contributed by atoms with E-state index in [1.165, 1.54) is 30.6 Å². The van der Waals surface area contributed by atoms with Crippen molar-refractivity contribution >= 4 is 12.0 Å². The first-order chi connectivity index (χ1) is 9.99. The van der Waals surface area contributed by atoms with Crippen LogP contribution in [0.5, 0.6) is 0 Å². The number of aliphatic hydroxyl groups is 1. The minimum absolute atomic E-state index is 0.0846. The molecule has 7 heteroatoms. The summed E-state index contributed by atoms with van der Waals surface area (Å²) in [4.78, 5) is 26.6. The summed E-state index contributed by atoms with van der Waals surface area (Å²) >= 11 is 0. The molecule has 2 fully saturated rings. The van der Waals surface area contributed by atoms with Crippen molar-refractivity contribution in [2.45, 2.75) is 50.3 Å². The maximum Gasteiger partial charge on any atom is 0.326 e. The predicted octanol–water partition coefficient (Wildman–Crippen LogP) is 0.0902. The van der Waals surface area contributed by atoms with Gasteiger partial charge in [0.25, 0.3) is 0 Å². The summed E-state index contributed by atoms with van der Waals surface area (Å²) < 4.78 is 0. The van der Waals surface area contributed by atoms with E-state index in [0.29, 0.717) is 12.6 Å². The van der Waals surface area contributed by atoms with Crippen molar-refractivity contribution in [2.75, 3.05) is 26.7 Å². The van der Waals surface area contributed by atoms with Crippen LogP contribution in [0.25, 0.3) is 0 Å². The van der Waals surface area contributed by atoms with Gasteiger partial charge in [0.05, 0.1) is 6.10 Å². The van der Waals surface area contributed by atoms with E-state index in [4.69, 9.17) is 5.11 Å². The van der Waals surface area contributed by atoms with Gasteiger partial charge in [-0.15, -0.1) is 0 Å². The third kappa shape index (κ3) is 4.07. The number of carboxylic acid groups (broad SMARTS) is 1.